The van der Waals surface area contributed by atoms with Gasteiger partial charge in [-0.05, 0) is 49.9 Å². The molecule has 0 atom stereocenters. The largest absolute Gasteiger partial charge is 0.206 e. The minimum absolute atomic E-state index is 0.0773. The van der Waals surface area contributed by atoms with Gasteiger partial charge in [-0.1, -0.05) is 25.2 Å². The summed E-state index contributed by atoms with van der Waals surface area (Å²) < 4.78 is 27.5. The van der Waals surface area contributed by atoms with Crippen LogP contribution in [0.1, 0.15) is 44.6 Å². The van der Waals surface area contributed by atoms with Crippen molar-refractivity contribution in [2.24, 2.45) is 16.8 Å². The van der Waals surface area contributed by atoms with E-state index in [0.29, 0.717) is 0 Å². The Bertz CT molecular complexity index is 616. The average molecular weight is 305 g/mol. The second-order valence-electron chi connectivity index (χ2n) is 5.38. The highest BCUT2D eigenvalue weighted by Crippen LogP contribution is 2.30. The second kappa shape index (κ2) is 7.45. The molecular weight excluding hydrogens is 288 g/mol. The summed E-state index contributed by atoms with van der Waals surface area (Å²) in [5.74, 6) is 5.73. The topological polar surface area (TPSA) is 12.4 Å². The second-order valence-corrected chi connectivity index (χ2v) is 5.56. The SMILES string of the molecule is CCC1CCC(C#Cc2cc(F)c(N=C=S)cc2F)CC1. The molecule has 1 aromatic carbocycles. The lowest BCUT2D eigenvalue weighted by Gasteiger charge is -2.24. The van der Waals surface area contributed by atoms with Crippen LogP contribution in [0.2, 0.25) is 0 Å². The molecule has 1 nitrogen and oxygen atoms in total. The monoisotopic (exact) mass is 305 g/mol. The molecule has 0 saturated heterocycles. The highest BCUT2D eigenvalue weighted by Gasteiger charge is 2.18. The summed E-state index contributed by atoms with van der Waals surface area (Å²) in [6.07, 6.45) is 5.65. The van der Waals surface area contributed by atoms with Crippen LogP contribution >= 0.6 is 12.2 Å². The number of hydrogen-bond acceptors (Lipinski definition) is 2. The van der Waals surface area contributed by atoms with Gasteiger partial charge in [0.25, 0.3) is 0 Å². The van der Waals surface area contributed by atoms with Gasteiger partial charge in [0.05, 0.1) is 10.7 Å². The molecule has 110 valence electrons. The zero-order valence-corrected chi connectivity index (χ0v) is 12.8. The van der Waals surface area contributed by atoms with Crippen molar-refractivity contribution in [1.82, 2.24) is 0 Å². The molecule has 2 rings (SSSR count). The van der Waals surface area contributed by atoms with E-state index >= 15 is 0 Å². The van der Waals surface area contributed by atoms with E-state index in [2.05, 4.69) is 36.0 Å². The third-order valence-corrected chi connectivity index (χ3v) is 4.13. The number of benzene rings is 1. The highest BCUT2D eigenvalue weighted by atomic mass is 32.1. The smallest absolute Gasteiger partial charge is 0.151 e. The summed E-state index contributed by atoms with van der Waals surface area (Å²) in [7, 11) is 0. The fourth-order valence-corrected chi connectivity index (χ4v) is 2.76. The summed E-state index contributed by atoms with van der Waals surface area (Å²) in [4.78, 5) is 3.48. The number of hydrogen-bond donors (Lipinski definition) is 0. The number of thiocarbonyl (C=S) groups is 1. The third-order valence-electron chi connectivity index (χ3n) is 4.04. The van der Waals surface area contributed by atoms with E-state index < -0.39 is 11.6 Å². The first kappa shape index (κ1) is 15.8. The molecule has 0 bridgehead atoms. The molecular formula is C17H17F2NS. The van der Waals surface area contributed by atoms with E-state index in [0.717, 1.165) is 30.9 Å². The molecule has 1 saturated carbocycles. The molecule has 1 aromatic rings. The van der Waals surface area contributed by atoms with Crippen molar-refractivity contribution in [3.63, 3.8) is 0 Å². The first-order chi connectivity index (χ1) is 10.1. The Kier molecular flexibility index (Phi) is 5.61. The molecule has 0 unspecified atom stereocenters. The van der Waals surface area contributed by atoms with E-state index in [-0.39, 0.29) is 17.2 Å². The molecule has 0 N–H and O–H groups in total. The van der Waals surface area contributed by atoms with Crippen molar-refractivity contribution >= 4 is 23.1 Å². The molecule has 1 aliphatic carbocycles. The first-order valence-corrected chi connectivity index (χ1v) is 7.63. The zero-order valence-electron chi connectivity index (χ0n) is 12.0. The van der Waals surface area contributed by atoms with Crippen LogP contribution in [0.3, 0.4) is 0 Å². The van der Waals surface area contributed by atoms with Gasteiger partial charge in [0.15, 0.2) is 5.82 Å². The Hall–Kier alpha value is -1.56. The van der Waals surface area contributed by atoms with E-state index in [4.69, 9.17) is 0 Å². The lowest BCUT2D eigenvalue weighted by Crippen LogP contribution is -2.12. The molecule has 0 aromatic heterocycles. The van der Waals surface area contributed by atoms with E-state index in [1.165, 1.54) is 19.3 Å². The van der Waals surface area contributed by atoms with Crippen LogP contribution in [-0.4, -0.2) is 5.16 Å². The van der Waals surface area contributed by atoms with E-state index in [1.54, 1.807) is 0 Å². The van der Waals surface area contributed by atoms with Crippen LogP contribution in [-0.2, 0) is 0 Å². The first-order valence-electron chi connectivity index (χ1n) is 7.22. The number of aliphatic imine (C=N–C) groups is 1. The lowest BCUT2D eigenvalue weighted by atomic mass is 9.81. The highest BCUT2D eigenvalue weighted by molar-refractivity contribution is 7.78. The third kappa shape index (κ3) is 4.20. The normalized spacial score (nSPS) is 21.1. The summed E-state index contributed by atoms with van der Waals surface area (Å²) >= 11 is 4.39. The van der Waals surface area contributed by atoms with Crippen molar-refractivity contribution in [2.75, 3.05) is 0 Å². The molecule has 0 radical (unpaired) electrons. The van der Waals surface area contributed by atoms with Crippen LogP contribution in [0, 0.1) is 35.3 Å². The molecule has 4 heteroatoms. The standard InChI is InChI=1S/C17H17F2NS/c1-2-12-3-5-13(6-4-12)7-8-14-9-16(19)17(20-11-21)10-15(14)18/h9-10,12-13H,2-6H2,1H3. The minimum Gasteiger partial charge on any atom is -0.206 e. The fraction of sp³-hybridized carbons (Fsp3) is 0.471. The van der Waals surface area contributed by atoms with Gasteiger partial charge in [-0.15, -0.1) is 0 Å². The summed E-state index contributed by atoms with van der Waals surface area (Å²) in [5, 5.41) is 2.03. The Balaban J connectivity index is 2.12. The predicted molar refractivity (Wildman–Crippen MR) is 83.7 cm³/mol. The average Bonchev–Trinajstić information content (AvgIpc) is 2.50. The minimum atomic E-state index is -0.632. The number of isothiocyanates is 1. The molecule has 21 heavy (non-hydrogen) atoms. The maximum atomic E-state index is 13.8. The number of halogens is 2. The molecule has 0 heterocycles. The molecule has 1 fully saturated rings. The van der Waals surface area contributed by atoms with E-state index in [9.17, 15) is 8.78 Å². The number of rotatable bonds is 2. The Morgan fingerprint density at radius 2 is 1.90 bits per heavy atom. The van der Waals surface area contributed by atoms with Crippen molar-refractivity contribution < 1.29 is 8.78 Å². The Labute approximate surface area is 129 Å². The van der Waals surface area contributed by atoms with Gasteiger partial charge in [-0.3, -0.25) is 0 Å². The molecule has 0 spiro atoms. The van der Waals surface area contributed by atoms with Gasteiger partial charge in [0.2, 0.25) is 0 Å². The van der Waals surface area contributed by atoms with E-state index in [1.807, 2.05) is 5.16 Å². The van der Waals surface area contributed by atoms with Crippen molar-refractivity contribution in [3.05, 3.63) is 29.3 Å². The van der Waals surface area contributed by atoms with Crippen molar-refractivity contribution in [2.45, 2.75) is 39.0 Å². The predicted octanol–water partition coefficient (Wildman–Crippen LogP) is 5.27. The van der Waals surface area contributed by atoms with Crippen molar-refractivity contribution in [1.29, 1.82) is 0 Å². The van der Waals surface area contributed by atoms with Gasteiger partial charge in [-0.25, -0.2) is 8.78 Å². The number of nitrogens with zero attached hydrogens (tertiary/aromatic N) is 1. The summed E-state index contributed by atoms with van der Waals surface area (Å²) in [5.41, 5.74) is -0.0649. The van der Waals surface area contributed by atoms with Crippen LogP contribution < -0.4 is 0 Å². The quantitative estimate of drug-likeness (QED) is 0.412. The van der Waals surface area contributed by atoms with Gasteiger partial charge < -0.3 is 0 Å². The summed E-state index contributed by atoms with van der Waals surface area (Å²) in [6, 6.07) is 2.08. The van der Waals surface area contributed by atoms with Crippen LogP contribution in [0.5, 0.6) is 0 Å². The van der Waals surface area contributed by atoms with Gasteiger partial charge in [0.1, 0.15) is 11.5 Å². The fourth-order valence-electron chi connectivity index (χ4n) is 2.66. The van der Waals surface area contributed by atoms with Gasteiger partial charge in [-0.2, -0.15) is 4.99 Å². The molecule has 0 aliphatic heterocycles. The Morgan fingerprint density at radius 3 is 2.52 bits per heavy atom. The van der Waals surface area contributed by atoms with Crippen LogP contribution in [0.15, 0.2) is 17.1 Å². The van der Waals surface area contributed by atoms with Crippen LogP contribution in [0.25, 0.3) is 0 Å². The summed E-state index contributed by atoms with van der Waals surface area (Å²) in [6.45, 7) is 2.21. The zero-order chi connectivity index (χ0) is 15.2. The lowest BCUT2D eigenvalue weighted by molar-refractivity contribution is 0.309. The van der Waals surface area contributed by atoms with Crippen LogP contribution in [0.4, 0.5) is 14.5 Å². The maximum absolute atomic E-state index is 13.8. The van der Waals surface area contributed by atoms with Crippen molar-refractivity contribution in [3.8, 4) is 11.8 Å². The van der Waals surface area contributed by atoms with Gasteiger partial charge >= 0.3 is 0 Å². The molecule has 0 amide bonds. The Morgan fingerprint density at radius 1 is 1.19 bits per heavy atom. The van der Waals surface area contributed by atoms with Gasteiger partial charge in [0, 0.05) is 12.0 Å². The maximum Gasteiger partial charge on any atom is 0.151 e. The molecule has 1 aliphatic rings.